The molecule has 0 aliphatic carbocycles. The smallest absolute Gasteiger partial charge is 0.214 e. The molecule has 8 heteroatoms. The van der Waals surface area contributed by atoms with Crippen molar-refractivity contribution < 1.29 is 9.53 Å². The Bertz CT molecular complexity index is 1260. The normalized spacial score (nSPS) is 14.5. The van der Waals surface area contributed by atoms with Crippen LogP contribution in [0.1, 0.15) is 16.2 Å². The quantitative estimate of drug-likeness (QED) is 0.448. The third kappa shape index (κ3) is 4.15. The minimum Gasteiger partial charge on any atom is -0.472 e. The molecule has 1 aromatic carbocycles. The zero-order valence-electron chi connectivity index (χ0n) is 17.4. The minimum absolute atomic E-state index is 0.0688. The van der Waals surface area contributed by atoms with Gasteiger partial charge in [-0.25, -0.2) is 15.0 Å². The number of likely N-dealkylation sites (tertiary alicyclic amines) is 1. The second-order valence-corrected chi connectivity index (χ2v) is 7.91. The van der Waals surface area contributed by atoms with Crippen LogP contribution in [0.2, 0.25) is 0 Å². The highest BCUT2D eigenvalue weighted by atomic mass is 16.5. The van der Waals surface area contributed by atoms with Crippen LogP contribution < -0.4 is 4.74 Å². The first-order valence-corrected chi connectivity index (χ1v) is 10.1. The van der Waals surface area contributed by atoms with Gasteiger partial charge in [0.2, 0.25) is 5.88 Å². The number of carbonyl (C=O) groups excluding carboxylic acids is 1. The summed E-state index contributed by atoms with van der Waals surface area (Å²) in [5.74, 6) is 0.894. The molecule has 8 nitrogen and oxygen atoms in total. The standard InChI is InChI=1S/C23H22N6O2/c1-28-13-19(14-28)31-23-8-16(5-6-24-23)21(30)9-22-25-10-17-4-3-15(7-20(17)27-22)18-11-26-29(2)12-18/h3-8,10-12,19H,9,13-14H2,1-2H3. The average Bonchev–Trinajstić information content (AvgIpc) is 3.19. The van der Waals surface area contributed by atoms with Crippen LogP contribution in [0.25, 0.3) is 22.0 Å². The van der Waals surface area contributed by atoms with Gasteiger partial charge in [0.1, 0.15) is 11.9 Å². The van der Waals surface area contributed by atoms with Crippen LogP contribution in [-0.4, -0.2) is 61.7 Å². The lowest BCUT2D eigenvalue weighted by Crippen LogP contribution is -2.51. The number of fused-ring (bicyclic) bond motifs is 1. The summed E-state index contributed by atoms with van der Waals surface area (Å²) < 4.78 is 7.60. The number of hydrogen-bond acceptors (Lipinski definition) is 7. The van der Waals surface area contributed by atoms with E-state index >= 15 is 0 Å². The molecule has 3 aromatic heterocycles. The van der Waals surface area contributed by atoms with Gasteiger partial charge in [-0.2, -0.15) is 5.10 Å². The van der Waals surface area contributed by atoms with Gasteiger partial charge in [-0.1, -0.05) is 12.1 Å². The van der Waals surface area contributed by atoms with Crippen LogP contribution in [0, 0.1) is 0 Å². The van der Waals surface area contributed by atoms with E-state index in [-0.39, 0.29) is 18.3 Å². The third-order valence-electron chi connectivity index (χ3n) is 5.36. The molecule has 1 saturated heterocycles. The van der Waals surface area contributed by atoms with Crippen molar-refractivity contribution in [2.24, 2.45) is 7.05 Å². The molecule has 0 atom stereocenters. The molecule has 0 radical (unpaired) electrons. The molecule has 0 amide bonds. The summed E-state index contributed by atoms with van der Waals surface area (Å²) in [4.78, 5) is 28.2. The van der Waals surface area contributed by atoms with Crippen molar-refractivity contribution in [1.29, 1.82) is 0 Å². The van der Waals surface area contributed by atoms with E-state index in [4.69, 9.17) is 4.74 Å². The number of carbonyl (C=O) groups is 1. The second kappa shape index (κ2) is 7.88. The fourth-order valence-electron chi connectivity index (χ4n) is 3.68. The molecule has 1 aliphatic heterocycles. The van der Waals surface area contributed by atoms with Gasteiger partial charge in [-0.3, -0.25) is 14.4 Å². The summed E-state index contributed by atoms with van der Waals surface area (Å²) in [6, 6.07) is 9.39. The lowest BCUT2D eigenvalue weighted by Gasteiger charge is -2.35. The molecule has 5 rings (SSSR count). The SMILES string of the molecule is CN1CC(Oc2cc(C(=O)Cc3ncc4ccc(-c5cnn(C)c5)cc4n3)ccn2)C1. The minimum atomic E-state index is -0.0688. The van der Waals surface area contributed by atoms with Crippen LogP contribution in [-0.2, 0) is 13.5 Å². The van der Waals surface area contributed by atoms with Crippen molar-refractivity contribution in [3.8, 4) is 17.0 Å². The number of Topliss-reactive ketones (excluding diaryl/α,β-unsaturated/α-hetero) is 1. The summed E-state index contributed by atoms with van der Waals surface area (Å²) in [7, 11) is 3.92. The number of rotatable bonds is 6. The predicted molar refractivity (Wildman–Crippen MR) is 116 cm³/mol. The maximum Gasteiger partial charge on any atom is 0.214 e. The molecule has 0 unspecified atom stereocenters. The number of nitrogens with zero attached hydrogens (tertiary/aromatic N) is 6. The van der Waals surface area contributed by atoms with E-state index in [2.05, 4.69) is 25.0 Å². The Kier molecular flexibility index (Phi) is 4.91. The summed E-state index contributed by atoms with van der Waals surface area (Å²) in [5, 5.41) is 5.15. The van der Waals surface area contributed by atoms with Crippen molar-refractivity contribution in [3.63, 3.8) is 0 Å². The Morgan fingerprint density at radius 2 is 1.97 bits per heavy atom. The van der Waals surface area contributed by atoms with Gasteiger partial charge in [0, 0.05) is 61.3 Å². The van der Waals surface area contributed by atoms with Crippen LogP contribution in [0.15, 0.2) is 55.1 Å². The summed E-state index contributed by atoms with van der Waals surface area (Å²) >= 11 is 0. The van der Waals surface area contributed by atoms with Gasteiger partial charge >= 0.3 is 0 Å². The number of ketones is 1. The Morgan fingerprint density at radius 1 is 1.10 bits per heavy atom. The fourth-order valence-corrected chi connectivity index (χ4v) is 3.68. The predicted octanol–water partition coefficient (Wildman–Crippen LogP) is 2.54. The first-order chi connectivity index (χ1) is 15.0. The fraction of sp³-hybridized carbons (Fsp3) is 0.261. The molecule has 0 saturated carbocycles. The van der Waals surface area contributed by atoms with Crippen LogP contribution >= 0.6 is 0 Å². The van der Waals surface area contributed by atoms with E-state index < -0.39 is 0 Å². The maximum absolute atomic E-state index is 12.8. The first kappa shape index (κ1) is 19.3. The average molecular weight is 414 g/mol. The second-order valence-electron chi connectivity index (χ2n) is 7.91. The van der Waals surface area contributed by atoms with E-state index in [0.717, 1.165) is 35.1 Å². The number of likely N-dealkylation sites (N-methyl/N-ethyl adjacent to an activating group) is 1. The van der Waals surface area contributed by atoms with E-state index in [1.165, 1.54) is 0 Å². The van der Waals surface area contributed by atoms with Crippen LogP contribution in [0.4, 0.5) is 0 Å². The molecule has 0 spiro atoms. The Morgan fingerprint density at radius 3 is 2.74 bits per heavy atom. The van der Waals surface area contributed by atoms with Crippen molar-refractivity contribution in [2.75, 3.05) is 20.1 Å². The highest BCUT2D eigenvalue weighted by Gasteiger charge is 2.25. The largest absolute Gasteiger partial charge is 0.472 e. The van der Waals surface area contributed by atoms with Crippen LogP contribution in [0.3, 0.4) is 0 Å². The number of benzene rings is 1. The third-order valence-corrected chi connectivity index (χ3v) is 5.36. The Hall–Kier alpha value is -3.65. The van der Waals surface area contributed by atoms with Crippen molar-refractivity contribution in [2.45, 2.75) is 12.5 Å². The van der Waals surface area contributed by atoms with Gasteiger partial charge in [0.15, 0.2) is 5.78 Å². The molecule has 1 aliphatic rings. The van der Waals surface area contributed by atoms with Crippen LogP contribution in [0.5, 0.6) is 5.88 Å². The lowest BCUT2D eigenvalue weighted by molar-refractivity contribution is 0.0355. The van der Waals surface area contributed by atoms with Gasteiger partial charge in [-0.05, 0) is 24.7 Å². The number of aromatic nitrogens is 5. The summed E-state index contributed by atoms with van der Waals surface area (Å²) in [5.41, 5.74) is 3.38. The zero-order chi connectivity index (χ0) is 21.4. The zero-order valence-corrected chi connectivity index (χ0v) is 17.4. The molecule has 31 heavy (non-hydrogen) atoms. The molecular formula is C23H22N6O2. The molecule has 0 bridgehead atoms. The Balaban J connectivity index is 1.34. The summed E-state index contributed by atoms with van der Waals surface area (Å²) in [6.45, 7) is 1.73. The van der Waals surface area contributed by atoms with Crippen molar-refractivity contribution in [3.05, 3.63) is 66.5 Å². The molecule has 4 heterocycles. The van der Waals surface area contributed by atoms with Gasteiger partial charge in [0.25, 0.3) is 0 Å². The van der Waals surface area contributed by atoms with E-state index in [1.807, 2.05) is 44.7 Å². The van der Waals surface area contributed by atoms with Crippen molar-refractivity contribution in [1.82, 2.24) is 29.6 Å². The number of ether oxygens (including phenoxy) is 1. The van der Waals surface area contributed by atoms with Gasteiger partial charge < -0.3 is 4.74 Å². The topological polar surface area (TPSA) is 86.0 Å². The first-order valence-electron chi connectivity index (χ1n) is 10.1. The lowest BCUT2D eigenvalue weighted by atomic mass is 10.1. The number of hydrogen-bond donors (Lipinski definition) is 0. The molecular weight excluding hydrogens is 392 g/mol. The summed E-state index contributed by atoms with van der Waals surface area (Å²) in [6.07, 6.45) is 7.37. The van der Waals surface area contributed by atoms with Gasteiger partial charge in [0.05, 0.1) is 18.1 Å². The maximum atomic E-state index is 12.8. The number of pyridine rings is 1. The van der Waals surface area contributed by atoms with Crippen molar-refractivity contribution >= 4 is 16.7 Å². The van der Waals surface area contributed by atoms with Gasteiger partial charge in [-0.15, -0.1) is 0 Å². The van der Waals surface area contributed by atoms with E-state index in [0.29, 0.717) is 17.3 Å². The molecule has 156 valence electrons. The molecule has 0 N–H and O–H groups in total. The highest BCUT2D eigenvalue weighted by molar-refractivity contribution is 5.97. The van der Waals surface area contributed by atoms with E-state index in [1.54, 1.807) is 29.2 Å². The molecule has 1 fully saturated rings. The highest BCUT2D eigenvalue weighted by Crippen LogP contribution is 2.23. The molecule has 4 aromatic rings. The Labute approximate surface area is 179 Å². The number of aryl methyl sites for hydroxylation is 1. The van der Waals surface area contributed by atoms with E-state index in [9.17, 15) is 4.79 Å². The monoisotopic (exact) mass is 414 g/mol.